The number of nitrogens with two attached hydrogens (primary N) is 1. The Labute approximate surface area is 487 Å². The number of aliphatic carboxylic acids is 2. The SMILES string of the molecule is C=Cc1ccc(C(=O)NCCOCCOCCNC(=O)[C@H](CCCCn2cc(CCCC(=O)Nc3nnc(S(N)(=O)=O)s3)nn2)NC(=O)C[C@H](NC(=O)C[C@H](NC(=O)CCC(C)(c2ccc(O)cc2)c2ccc(O)cc2)C(=O)O)C(=O)O)cc1. The molecule has 2 heterocycles. The summed E-state index contributed by atoms with van der Waals surface area (Å²) in [4.78, 5) is 103. The van der Waals surface area contributed by atoms with Gasteiger partial charge >= 0.3 is 11.9 Å². The Morgan fingerprint density at radius 1 is 0.702 bits per heavy atom. The van der Waals surface area contributed by atoms with Crippen LogP contribution in [0.2, 0.25) is 0 Å². The van der Waals surface area contributed by atoms with Crippen LogP contribution in [0.4, 0.5) is 5.13 Å². The summed E-state index contributed by atoms with van der Waals surface area (Å²) in [6, 6.07) is 14.6. The summed E-state index contributed by atoms with van der Waals surface area (Å²) in [6.45, 7) is 6.68. The van der Waals surface area contributed by atoms with Crippen molar-refractivity contribution < 1.29 is 76.7 Å². The van der Waals surface area contributed by atoms with Crippen LogP contribution in [0, 0.1) is 0 Å². The Morgan fingerprint density at radius 2 is 1.26 bits per heavy atom. The van der Waals surface area contributed by atoms with Crippen molar-refractivity contribution in [3.63, 3.8) is 0 Å². The van der Waals surface area contributed by atoms with E-state index in [0.717, 1.165) is 5.56 Å². The lowest BCUT2D eigenvalue weighted by molar-refractivity contribution is -0.145. The number of aryl methyl sites for hydroxylation is 2. The number of hydrogen-bond acceptors (Lipinski definition) is 19. The van der Waals surface area contributed by atoms with Crippen LogP contribution in [0.15, 0.2) is 89.9 Å². The van der Waals surface area contributed by atoms with E-state index in [-0.39, 0.29) is 87.7 Å². The summed E-state index contributed by atoms with van der Waals surface area (Å²) < 4.78 is 35.1. The average molecular weight is 1210 g/mol. The van der Waals surface area contributed by atoms with E-state index >= 15 is 0 Å². The fraction of sp³-hybridized carbons (Fsp3) is 0.407. The fourth-order valence-corrected chi connectivity index (χ4v) is 9.61. The van der Waals surface area contributed by atoms with Gasteiger partial charge < -0.3 is 61.8 Å². The van der Waals surface area contributed by atoms with Crippen molar-refractivity contribution in [1.29, 1.82) is 0 Å². The highest BCUT2D eigenvalue weighted by molar-refractivity contribution is 7.91. The third kappa shape index (κ3) is 22.2. The normalized spacial score (nSPS) is 12.5. The highest BCUT2D eigenvalue weighted by Gasteiger charge is 2.33. The molecule has 6 amide bonds. The molecule has 0 saturated carbocycles. The summed E-state index contributed by atoms with van der Waals surface area (Å²) in [5.41, 5.74) is 2.47. The zero-order valence-corrected chi connectivity index (χ0v) is 47.5. The van der Waals surface area contributed by atoms with Crippen molar-refractivity contribution in [2.75, 3.05) is 44.8 Å². The number of amides is 6. The molecule has 0 bridgehead atoms. The maximum atomic E-state index is 13.5. The van der Waals surface area contributed by atoms with Crippen LogP contribution in [-0.4, -0.2) is 159 Å². The third-order valence-electron chi connectivity index (χ3n) is 12.9. The largest absolute Gasteiger partial charge is 0.508 e. The molecule has 0 fully saturated rings. The van der Waals surface area contributed by atoms with Crippen LogP contribution in [-0.2, 0) is 71.4 Å². The maximum Gasteiger partial charge on any atom is 0.326 e. The third-order valence-corrected chi connectivity index (χ3v) is 15.0. The molecule has 452 valence electrons. The molecule has 0 aliphatic rings. The van der Waals surface area contributed by atoms with E-state index in [4.69, 9.17) is 14.6 Å². The fourth-order valence-electron chi connectivity index (χ4n) is 8.26. The molecule has 5 aromatic rings. The number of carboxylic acids is 2. The zero-order valence-electron chi connectivity index (χ0n) is 45.9. The van der Waals surface area contributed by atoms with E-state index in [1.54, 1.807) is 65.5 Å². The number of carbonyl (C=O) groups excluding carboxylic acids is 6. The molecule has 0 aliphatic carbocycles. The lowest BCUT2D eigenvalue weighted by Crippen LogP contribution is -2.51. The van der Waals surface area contributed by atoms with Gasteiger partial charge in [-0.25, -0.2) is 23.1 Å². The highest BCUT2D eigenvalue weighted by atomic mass is 32.2. The second kappa shape index (κ2) is 32.8. The minimum atomic E-state index is -4.07. The number of nitrogens with zero attached hydrogens (tertiary/aromatic N) is 5. The summed E-state index contributed by atoms with van der Waals surface area (Å²) >= 11 is 0.613. The molecule has 30 heteroatoms. The van der Waals surface area contributed by atoms with Gasteiger partial charge in [0.25, 0.3) is 15.9 Å². The van der Waals surface area contributed by atoms with Gasteiger partial charge in [0.1, 0.15) is 29.6 Å². The van der Waals surface area contributed by atoms with Crippen LogP contribution in [0.1, 0.15) is 97.5 Å². The number of hydrogen-bond donors (Lipinski definition) is 11. The van der Waals surface area contributed by atoms with Gasteiger partial charge in [0.2, 0.25) is 39.0 Å². The van der Waals surface area contributed by atoms with Gasteiger partial charge in [-0.3, -0.25) is 33.4 Å². The predicted molar refractivity (Wildman–Crippen MR) is 302 cm³/mol. The van der Waals surface area contributed by atoms with E-state index in [1.807, 2.05) is 6.92 Å². The Morgan fingerprint density at radius 3 is 1.81 bits per heavy atom. The van der Waals surface area contributed by atoms with Gasteiger partial charge in [0, 0.05) is 49.7 Å². The molecule has 0 radical (unpaired) electrons. The Bertz CT molecular complexity index is 3110. The Hall–Kier alpha value is -8.71. The number of carbonyl (C=O) groups is 8. The number of carboxylic acid groups (broad SMARTS) is 2. The van der Waals surface area contributed by atoms with Crippen molar-refractivity contribution in [3.05, 3.63) is 114 Å². The van der Waals surface area contributed by atoms with Crippen LogP contribution >= 0.6 is 11.3 Å². The van der Waals surface area contributed by atoms with Crippen LogP contribution in [0.3, 0.4) is 0 Å². The second-order valence-electron chi connectivity index (χ2n) is 19.3. The molecule has 84 heavy (non-hydrogen) atoms. The molecular formula is C54H68N12O16S2. The number of phenolic OH excluding ortho intramolecular Hbond substituents is 2. The highest BCUT2D eigenvalue weighted by Crippen LogP contribution is 2.38. The van der Waals surface area contributed by atoms with Crippen molar-refractivity contribution in [2.24, 2.45) is 5.14 Å². The van der Waals surface area contributed by atoms with Crippen molar-refractivity contribution in [3.8, 4) is 11.5 Å². The second-order valence-corrected chi connectivity index (χ2v) is 22.0. The van der Waals surface area contributed by atoms with E-state index in [1.165, 1.54) is 24.3 Å². The van der Waals surface area contributed by atoms with Crippen LogP contribution in [0.5, 0.6) is 11.5 Å². The summed E-state index contributed by atoms with van der Waals surface area (Å²) in [5, 5.41) is 75.0. The molecule has 0 saturated heterocycles. The number of aromatic hydroxyl groups is 2. The summed E-state index contributed by atoms with van der Waals surface area (Å²) in [6.07, 6.45) is 3.01. The van der Waals surface area contributed by atoms with Crippen LogP contribution < -0.4 is 37.0 Å². The number of sulfonamides is 1. The van der Waals surface area contributed by atoms with E-state index < -0.39 is 92.2 Å². The van der Waals surface area contributed by atoms with Gasteiger partial charge in [-0.2, -0.15) is 0 Å². The maximum absolute atomic E-state index is 13.5. The number of phenols is 2. The number of aromatic nitrogens is 5. The first kappa shape index (κ1) is 66.1. The van der Waals surface area contributed by atoms with Gasteiger partial charge in [0.15, 0.2) is 0 Å². The zero-order chi connectivity index (χ0) is 61.2. The number of primary sulfonamides is 1. The summed E-state index contributed by atoms with van der Waals surface area (Å²) in [7, 11) is -4.07. The lowest BCUT2D eigenvalue weighted by atomic mass is 9.73. The number of unbranched alkanes of at least 4 members (excludes halogenated alkanes) is 1. The molecule has 28 nitrogen and oxygen atoms in total. The standard InChI is InChI=1S/C54H68N12O16S2/c1-3-34-10-12-35(13-11-34)48(73)56-24-27-81-29-30-82-28-25-57-49(74)41(8-4-5-26-66-33-38(62-65-66)7-6-9-44(69)61-52-63-64-53(83-52)84(55,79)80)58-46(71)32-43(51(77)78)60-47(72)31-42(50(75)76)59-45(70)22-23-54(2,36-14-18-39(67)19-15-36)37-16-20-40(68)21-17-37/h3,10-21,33,41-43,67-68H,1,4-9,22-32H2,2H3,(H,56,73)(H,57,74)(H,58,71)(H,59,70)(H,60,72)(H,75,76)(H,77,78)(H2,55,79,80)(H,61,63,69)/t41-,42-,43-/m0/s1. The Balaban J connectivity index is 1.11. The molecule has 5 rings (SSSR count). The van der Waals surface area contributed by atoms with E-state index in [0.29, 0.717) is 65.9 Å². The van der Waals surface area contributed by atoms with Crippen LogP contribution in [0.25, 0.3) is 6.08 Å². The lowest BCUT2D eigenvalue weighted by Gasteiger charge is -2.31. The van der Waals surface area contributed by atoms with Gasteiger partial charge in [0.05, 0.1) is 45.0 Å². The first-order valence-corrected chi connectivity index (χ1v) is 28.8. The predicted octanol–water partition coefficient (Wildman–Crippen LogP) is 1.73. The van der Waals surface area contributed by atoms with Crippen molar-refractivity contribution in [2.45, 2.75) is 106 Å². The number of ether oxygens (including phenoxy) is 2. The van der Waals surface area contributed by atoms with Crippen molar-refractivity contribution in [1.82, 2.24) is 51.8 Å². The summed E-state index contributed by atoms with van der Waals surface area (Å²) in [5.74, 6) is -7.38. The number of anilines is 1. The van der Waals surface area contributed by atoms with E-state index in [2.05, 4.69) is 59.0 Å². The molecular weight excluding hydrogens is 1140 g/mol. The molecule has 3 atom stereocenters. The number of benzene rings is 3. The van der Waals surface area contributed by atoms with E-state index in [9.17, 15) is 67.2 Å². The minimum Gasteiger partial charge on any atom is -0.508 e. The Kier molecular flexibility index (Phi) is 25.8. The van der Waals surface area contributed by atoms with Gasteiger partial charge in [-0.15, -0.1) is 15.3 Å². The average Bonchev–Trinajstić information content (AvgIpc) is 3.29. The molecule has 3 aromatic carbocycles. The molecule has 0 aliphatic heterocycles. The molecule has 12 N–H and O–H groups in total. The van der Waals surface area contributed by atoms with Crippen molar-refractivity contribution >= 4 is 79.9 Å². The molecule has 0 unspecified atom stereocenters. The number of nitrogens with one attached hydrogen (secondary N) is 6. The van der Waals surface area contributed by atoms with Gasteiger partial charge in [-0.05, 0) is 91.6 Å². The first-order valence-electron chi connectivity index (χ1n) is 26.4. The smallest absolute Gasteiger partial charge is 0.326 e. The monoisotopic (exact) mass is 1200 g/mol. The molecule has 2 aromatic heterocycles. The number of rotatable bonds is 37. The molecule has 0 spiro atoms. The quantitative estimate of drug-likeness (QED) is 0.0199. The minimum absolute atomic E-state index is 0.00219. The van der Waals surface area contributed by atoms with Gasteiger partial charge in [-0.1, -0.05) is 72.5 Å². The first-order chi connectivity index (χ1) is 40.0. The topological polar surface area (TPSA) is 425 Å².